The van der Waals surface area contributed by atoms with Crippen LogP contribution in [-0.2, 0) is 0 Å². The second-order valence-corrected chi connectivity index (χ2v) is 5.64. The van der Waals surface area contributed by atoms with Gasteiger partial charge in [0.1, 0.15) is 12.0 Å². The number of nitriles is 1. The first-order valence-corrected chi connectivity index (χ1v) is 7.28. The molecule has 1 atom stereocenters. The maximum atomic E-state index is 9.03. The number of rotatable bonds is 4. The molecule has 7 nitrogen and oxygen atoms in total. The zero-order valence-electron chi connectivity index (χ0n) is 11.9. The molecule has 1 fully saturated rings. The maximum Gasteiger partial charge on any atom is 0.154 e. The molecule has 0 bridgehead atoms. The number of nitrogens with one attached hydrogen (secondary N) is 1. The highest BCUT2D eigenvalue weighted by molar-refractivity contribution is 5.92. The Kier molecular flexibility index (Phi) is 2.82. The van der Waals surface area contributed by atoms with Crippen LogP contribution in [0.1, 0.15) is 25.3 Å². The topological polar surface area (TPSA) is 109 Å². The van der Waals surface area contributed by atoms with E-state index in [1.165, 1.54) is 6.33 Å². The van der Waals surface area contributed by atoms with Gasteiger partial charge in [0.05, 0.1) is 29.8 Å². The van der Waals surface area contributed by atoms with E-state index in [1.54, 1.807) is 0 Å². The van der Waals surface area contributed by atoms with E-state index in [9.17, 15) is 0 Å². The van der Waals surface area contributed by atoms with Crippen molar-refractivity contribution < 1.29 is 0 Å². The van der Waals surface area contributed by atoms with Crippen molar-refractivity contribution in [3.05, 3.63) is 24.8 Å². The fourth-order valence-corrected chi connectivity index (χ4v) is 2.90. The molecule has 0 aliphatic heterocycles. The third kappa shape index (κ3) is 2.00. The molecule has 0 saturated heterocycles. The van der Waals surface area contributed by atoms with Crippen LogP contribution in [0.5, 0.6) is 0 Å². The van der Waals surface area contributed by atoms with Crippen LogP contribution in [0.25, 0.3) is 22.3 Å². The fourth-order valence-electron chi connectivity index (χ4n) is 2.90. The van der Waals surface area contributed by atoms with Crippen molar-refractivity contribution in [3.63, 3.8) is 0 Å². The third-order valence-electron chi connectivity index (χ3n) is 4.18. The lowest BCUT2D eigenvalue weighted by Gasteiger charge is -2.12. The molecule has 0 aromatic carbocycles. The van der Waals surface area contributed by atoms with Crippen molar-refractivity contribution in [2.45, 2.75) is 25.3 Å². The number of anilines is 1. The van der Waals surface area contributed by atoms with Crippen LogP contribution < -0.4 is 5.73 Å². The Bertz CT molecular complexity index is 866. The summed E-state index contributed by atoms with van der Waals surface area (Å²) in [5.74, 6) is 0.967. The molecule has 1 aliphatic carbocycles. The lowest BCUT2D eigenvalue weighted by Crippen LogP contribution is -2.11. The van der Waals surface area contributed by atoms with Crippen molar-refractivity contribution >= 4 is 16.9 Å². The zero-order chi connectivity index (χ0) is 15.1. The molecule has 1 saturated carbocycles. The molecule has 0 radical (unpaired) electrons. The average molecular weight is 293 g/mol. The smallest absolute Gasteiger partial charge is 0.154 e. The van der Waals surface area contributed by atoms with Crippen molar-refractivity contribution in [2.75, 3.05) is 5.73 Å². The largest absolute Gasteiger partial charge is 0.382 e. The van der Waals surface area contributed by atoms with Crippen molar-refractivity contribution in [2.24, 2.45) is 5.92 Å². The van der Waals surface area contributed by atoms with E-state index in [1.807, 2.05) is 23.1 Å². The number of nitrogens with zero attached hydrogens (tertiary/aromatic N) is 5. The predicted molar refractivity (Wildman–Crippen MR) is 81.5 cm³/mol. The van der Waals surface area contributed by atoms with E-state index in [4.69, 9.17) is 11.0 Å². The van der Waals surface area contributed by atoms with E-state index in [0.29, 0.717) is 18.2 Å². The third-order valence-corrected chi connectivity index (χ3v) is 4.18. The SMILES string of the molecule is N#CC[C@H](C1CC1)n1cc(-c2ncnc3[nH]ccc23)c(N)n1. The Balaban J connectivity index is 1.80. The molecule has 0 unspecified atom stereocenters. The van der Waals surface area contributed by atoms with Crippen LogP contribution >= 0.6 is 0 Å². The first-order valence-electron chi connectivity index (χ1n) is 7.28. The van der Waals surface area contributed by atoms with Crippen LogP contribution in [0.4, 0.5) is 5.82 Å². The van der Waals surface area contributed by atoms with Crippen molar-refractivity contribution in [1.29, 1.82) is 5.26 Å². The quantitative estimate of drug-likeness (QED) is 0.766. The Morgan fingerprint density at radius 1 is 1.45 bits per heavy atom. The highest BCUT2D eigenvalue weighted by Crippen LogP contribution is 2.42. The second kappa shape index (κ2) is 4.84. The van der Waals surface area contributed by atoms with Gasteiger partial charge in [-0.3, -0.25) is 4.68 Å². The number of fused-ring (bicyclic) bond motifs is 1. The number of aromatic nitrogens is 5. The number of nitrogen functional groups attached to an aromatic ring is 1. The van der Waals surface area contributed by atoms with Gasteiger partial charge in [-0.15, -0.1) is 0 Å². The van der Waals surface area contributed by atoms with Gasteiger partial charge in [-0.25, -0.2) is 9.97 Å². The number of hydrogen-bond donors (Lipinski definition) is 2. The van der Waals surface area contributed by atoms with Crippen LogP contribution in [0.3, 0.4) is 0 Å². The van der Waals surface area contributed by atoms with Gasteiger partial charge >= 0.3 is 0 Å². The van der Waals surface area contributed by atoms with E-state index in [2.05, 4.69) is 26.1 Å². The monoisotopic (exact) mass is 293 g/mol. The van der Waals surface area contributed by atoms with Crippen LogP contribution in [-0.4, -0.2) is 24.7 Å². The molecule has 0 amide bonds. The van der Waals surface area contributed by atoms with E-state index in [-0.39, 0.29) is 6.04 Å². The average Bonchev–Trinajstić information content (AvgIpc) is 3.11. The molecule has 7 heteroatoms. The summed E-state index contributed by atoms with van der Waals surface area (Å²) in [5.41, 5.74) is 8.43. The zero-order valence-corrected chi connectivity index (χ0v) is 11.9. The number of H-pyrrole nitrogens is 1. The lowest BCUT2D eigenvalue weighted by atomic mass is 10.1. The normalized spacial score (nSPS) is 15.8. The minimum Gasteiger partial charge on any atom is -0.382 e. The number of aromatic amines is 1. The molecular weight excluding hydrogens is 278 g/mol. The lowest BCUT2D eigenvalue weighted by molar-refractivity contribution is 0.413. The molecule has 3 heterocycles. The highest BCUT2D eigenvalue weighted by Gasteiger charge is 2.33. The van der Waals surface area contributed by atoms with Crippen LogP contribution in [0, 0.1) is 17.2 Å². The molecule has 3 aromatic heterocycles. The highest BCUT2D eigenvalue weighted by atomic mass is 15.3. The van der Waals surface area contributed by atoms with Crippen molar-refractivity contribution in [1.82, 2.24) is 24.7 Å². The van der Waals surface area contributed by atoms with Crippen molar-refractivity contribution in [3.8, 4) is 17.3 Å². The summed E-state index contributed by atoms with van der Waals surface area (Å²) in [5, 5.41) is 14.4. The van der Waals surface area contributed by atoms with E-state index >= 15 is 0 Å². The summed E-state index contributed by atoms with van der Waals surface area (Å²) in [6.45, 7) is 0. The van der Waals surface area contributed by atoms with Crippen LogP contribution in [0.2, 0.25) is 0 Å². The molecule has 1 aliphatic rings. The minimum absolute atomic E-state index is 0.101. The molecule has 110 valence electrons. The molecule has 22 heavy (non-hydrogen) atoms. The molecule has 0 spiro atoms. The van der Waals surface area contributed by atoms with Crippen LogP contribution in [0.15, 0.2) is 24.8 Å². The minimum atomic E-state index is 0.101. The van der Waals surface area contributed by atoms with Gasteiger partial charge in [0.2, 0.25) is 0 Å². The summed E-state index contributed by atoms with van der Waals surface area (Å²) in [6.07, 6.45) is 8.00. The van der Waals surface area contributed by atoms with Gasteiger partial charge < -0.3 is 10.7 Å². The number of hydrogen-bond acceptors (Lipinski definition) is 5. The van der Waals surface area contributed by atoms with Gasteiger partial charge in [-0.1, -0.05) is 0 Å². The fraction of sp³-hybridized carbons (Fsp3) is 0.333. The Morgan fingerprint density at radius 2 is 2.32 bits per heavy atom. The Morgan fingerprint density at radius 3 is 3.09 bits per heavy atom. The molecule has 4 rings (SSSR count). The molecular formula is C15H15N7. The Hall–Kier alpha value is -2.88. The van der Waals surface area contributed by atoms with Gasteiger partial charge in [-0.05, 0) is 24.8 Å². The summed E-state index contributed by atoms with van der Waals surface area (Å²) in [6, 6.07) is 4.28. The predicted octanol–water partition coefficient (Wildman–Crippen LogP) is 2.27. The molecule has 3 N–H and O–H groups in total. The van der Waals surface area contributed by atoms with E-state index in [0.717, 1.165) is 35.1 Å². The van der Waals surface area contributed by atoms with Gasteiger partial charge in [0.25, 0.3) is 0 Å². The maximum absolute atomic E-state index is 9.03. The second-order valence-electron chi connectivity index (χ2n) is 5.64. The summed E-state index contributed by atoms with van der Waals surface area (Å²) in [4.78, 5) is 11.6. The van der Waals surface area contributed by atoms with Gasteiger partial charge in [0.15, 0.2) is 5.82 Å². The standard InChI is InChI=1S/C15H15N7/c16-5-3-12(9-1-2-9)22-7-11(14(17)21-22)13-10-4-6-18-15(10)20-8-19-13/h4,6-9,12H,1-3H2,(H2,17,21)(H,18,19,20)/t12-/m1/s1. The summed E-state index contributed by atoms with van der Waals surface area (Å²) < 4.78 is 1.84. The van der Waals surface area contributed by atoms with E-state index < -0.39 is 0 Å². The Labute approximate surface area is 126 Å². The summed E-state index contributed by atoms with van der Waals surface area (Å²) in [7, 11) is 0. The first kappa shape index (κ1) is 12.8. The van der Waals surface area contributed by atoms with Gasteiger partial charge in [-0.2, -0.15) is 10.4 Å². The number of nitrogens with two attached hydrogens (primary N) is 1. The molecule has 3 aromatic rings. The summed E-state index contributed by atoms with van der Waals surface area (Å²) >= 11 is 0. The van der Waals surface area contributed by atoms with Gasteiger partial charge in [0, 0.05) is 17.8 Å². The first-order chi connectivity index (χ1) is 10.8.